The summed E-state index contributed by atoms with van der Waals surface area (Å²) in [5.74, 6) is 0.674. The van der Waals surface area contributed by atoms with E-state index in [9.17, 15) is 9.59 Å². The Balaban J connectivity index is 2.45. The van der Waals surface area contributed by atoms with E-state index >= 15 is 0 Å². The van der Waals surface area contributed by atoms with E-state index in [-0.39, 0.29) is 11.2 Å². The molecular formula is C11H18BrN3O2. The lowest BCUT2D eigenvalue weighted by atomic mass is 10.1. The monoisotopic (exact) mass is 303 g/mol. The highest BCUT2D eigenvalue weighted by Crippen LogP contribution is 1.98. The first-order valence-corrected chi connectivity index (χ1v) is 6.50. The molecule has 2 N–H and O–H groups in total. The zero-order valence-corrected chi connectivity index (χ0v) is 11.7. The van der Waals surface area contributed by atoms with Crippen LogP contribution in [0.1, 0.15) is 20.3 Å². The first kappa shape index (κ1) is 14.2. The first-order valence-electron chi connectivity index (χ1n) is 5.70. The maximum atomic E-state index is 11.4. The standard InChI is InChI=1S/C11H18BrN3O2/c1-8(2)3-4-13-5-6-15-7-9(12)10(16)14-11(15)17/h7-8,13H,3-6H2,1-2H3,(H,14,16,17). The average Bonchev–Trinajstić information content (AvgIpc) is 2.24. The molecule has 1 aromatic heterocycles. The molecule has 5 nitrogen and oxygen atoms in total. The zero-order valence-electron chi connectivity index (χ0n) is 10.1. The van der Waals surface area contributed by atoms with Crippen LogP contribution in [0.25, 0.3) is 0 Å². The minimum Gasteiger partial charge on any atom is -0.315 e. The number of nitrogens with zero attached hydrogens (tertiary/aromatic N) is 1. The molecule has 17 heavy (non-hydrogen) atoms. The number of halogens is 1. The molecule has 0 atom stereocenters. The largest absolute Gasteiger partial charge is 0.328 e. The SMILES string of the molecule is CC(C)CCNCCn1cc(Br)c(=O)[nH]c1=O. The Morgan fingerprint density at radius 3 is 2.76 bits per heavy atom. The molecule has 0 saturated carbocycles. The lowest BCUT2D eigenvalue weighted by molar-refractivity contribution is 0.512. The normalized spacial score (nSPS) is 11.1. The van der Waals surface area contributed by atoms with Gasteiger partial charge in [-0.3, -0.25) is 14.3 Å². The summed E-state index contributed by atoms with van der Waals surface area (Å²) < 4.78 is 1.85. The number of hydrogen-bond acceptors (Lipinski definition) is 3. The predicted molar refractivity (Wildman–Crippen MR) is 71.3 cm³/mol. The lowest BCUT2D eigenvalue weighted by Crippen LogP contribution is -2.33. The fraction of sp³-hybridized carbons (Fsp3) is 0.636. The predicted octanol–water partition coefficient (Wildman–Crippen LogP) is 0.935. The van der Waals surface area contributed by atoms with E-state index in [1.165, 1.54) is 10.8 Å². The molecule has 0 saturated heterocycles. The molecule has 1 rings (SSSR count). The molecule has 1 aromatic rings. The molecule has 0 radical (unpaired) electrons. The van der Waals surface area contributed by atoms with Crippen LogP contribution in [0.5, 0.6) is 0 Å². The molecule has 0 aromatic carbocycles. The van der Waals surface area contributed by atoms with Crippen molar-refractivity contribution >= 4 is 15.9 Å². The quantitative estimate of drug-likeness (QED) is 0.769. The van der Waals surface area contributed by atoms with Crippen LogP contribution in [0.2, 0.25) is 0 Å². The summed E-state index contributed by atoms with van der Waals surface area (Å²) in [5, 5.41) is 3.26. The van der Waals surface area contributed by atoms with E-state index < -0.39 is 0 Å². The molecule has 0 bridgehead atoms. The van der Waals surface area contributed by atoms with Gasteiger partial charge in [0.15, 0.2) is 0 Å². The second-order valence-electron chi connectivity index (χ2n) is 4.36. The minimum absolute atomic E-state index is 0.371. The van der Waals surface area contributed by atoms with Crippen LogP contribution < -0.4 is 16.6 Å². The van der Waals surface area contributed by atoms with Gasteiger partial charge in [0.1, 0.15) is 0 Å². The second-order valence-corrected chi connectivity index (χ2v) is 5.22. The first-order chi connectivity index (χ1) is 8.00. The van der Waals surface area contributed by atoms with E-state index in [4.69, 9.17) is 0 Å². The van der Waals surface area contributed by atoms with Gasteiger partial charge in [-0.25, -0.2) is 4.79 Å². The van der Waals surface area contributed by atoms with Gasteiger partial charge in [-0.1, -0.05) is 13.8 Å². The smallest absolute Gasteiger partial charge is 0.315 e. The van der Waals surface area contributed by atoms with Crippen molar-refractivity contribution in [1.82, 2.24) is 14.9 Å². The van der Waals surface area contributed by atoms with Crippen molar-refractivity contribution in [3.8, 4) is 0 Å². The summed E-state index contributed by atoms with van der Waals surface area (Å²) in [6.07, 6.45) is 2.63. The van der Waals surface area contributed by atoms with Gasteiger partial charge in [0, 0.05) is 19.3 Å². The Labute approximate surface area is 108 Å². The van der Waals surface area contributed by atoms with Gasteiger partial charge < -0.3 is 5.32 Å². The number of aromatic amines is 1. The van der Waals surface area contributed by atoms with Crippen molar-refractivity contribution in [2.75, 3.05) is 13.1 Å². The summed E-state index contributed by atoms with van der Waals surface area (Å²) in [4.78, 5) is 24.8. The Morgan fingerprint density at radius 1 is 1.41 bits per heavy atom. The van der Waals surface area contributed by atoms with Gasteiger partial charge in [0.05, 0.1) is 4.47 Å². The molecule has 6 heteroatoms. The molecule has 96 valence electrons. The fourth-order valence-corrected chi connectivity index (χ4v) is 1.71. The number of aromatic nitrogens is 2. The summed E-state index contributed by atoms with van der Waals surface area (Å²) >= 11 is 3.10. The molecule has 0 aliphatic heterocycles. The van der Waals surface area contributed by atoms with Crippen molar-refractivity contribution in [2.45, 2.75) is 26.8 Å². The second kappa shape index (κ2) is 6.76. The average molecular weight is 304 g/mol. The molecule has 1 heterocycles. The van der Waals surface area contributed by atoms with Crippen LogP contribution in [0.3, 0.4) is 0 Å². The molecular weight excluding hydrogens is 286 g/mol. The number of nitrogens with one attached hydrogen (secondary N) is 2. The van der Waals surface area contributed by atoms with Crippen LogP contribution in [-0.4, -0.2) is 22.6 Å². The number of rotatable bonds is 6. The van der Waals surface area contributed by atoms with Crippen molar-refractivity contribution in [2.24, 2.45) is 5.92 Å². The van der Waals surface area contributed by atoms with Crippen molar-refractivity contribution in [1.29, 1.82) is 0 Å². The van der Waals surface area contributed by atoms with Crippen LogP contribution in [0, 0.1) is 5.92 Å². The van der Waals surface area contributed by atoms with Gasteiger partial charge in [-0.15, -0.1) is 0 Å². The molecule has 0 aliphatic rings. The van der Waals surface area contributed by atoms with Gasteiger partial charge in [0.25, 0.3) is 5.56 Å². The summed E-state index contributed by atoms with van der Waals surface area (Å²) in [5.41, 5.74) is -0.761. The molecule has 0 aliphatic carbocycles. The Bertz CT molecular complexity index is 465. The Kier molecular flexibility index (Phi) is 5.64. The summed E-state index contributed by atoms with van der Waals surface area (Å²) in [6, 6.07) is 0. The maximum absolute atomic E-state index is 11.4. The molecule has 0 spiro atoms. The van der Waals surface area contributed by atoms with Crippen molar-refractivity contribution in [3.05, 3.63) is 31.5 Å². The van der Waals surface area contributed by atoms with Crippen LogP contribution in [-0.2, 0) is 6.54 Å². The number of hydrogen-bond donors (Lipinski definition) is 2. The highest BCUT2D eigenvalue weighted by molar-refractivity contribution is 9.10. The van der Waals surface area contributed by atoms with E-state index in [1.54, 1.807) is 0 Å². The third-order valence-electron chi connectivity index (χ3n) is 2.40. The topological polar surface area (TPSA) is 66.9 Å². The lowest BCUT2D eigenvalue weighted by Gasteiger charge is -2.08. The molecule has 0 unspecified atom stereocenters. The van der Waals surface area contributed by atoms with Gasteiger partial charge in [0.2, 0.25) is 0 Å². The van der Waals surface area contributed by atoms with Crippen molar-refractivity contribution < 1.29 is 0 Å². The van der Waals surface area contributed by atoms with E-state index in [1.807, 2.05) is 0 Å². The summed E-state index contributed by atoms with van der Waals surface area (Å²) in [6.45, 7) is 6.55. The summed E-state index contributed by atoms with van der Waals surface area (Å²) in [7, 11) is 0. The highest BCUT2D eigenvalue weighted by Gasteiger charge is 2.01. The third-order valence-corrected chi connectivity index (χ3v) is 2.96. The number of H-pyrrole nitrogens is 1. The Hall–Kier alpha value is -0.880. The van der Waals surface area contributed by atoms with Crippen molar-refractivity contribution in [3.63, 3.8) is 0 Å². The van der Waals surface area contributed by atoms with Crippen LogP contribution in [0.4, 0.5) is 0 Å². The molecule has 0 fully saturated rings. The Morgan fingerprint density at radius 2 is 2.12 bits per heavy atom. The molecule has 0 amide bonds. The third kappa shape index (κ3) is 4.87. The minimum atomic E-state index is -0.390. The zero-order chi connectivity index (χ0) is 12.8. The van der Waals surface area contributed by atoms with E-state index in [0.29, 0.717) is 23.5 Å². The van der Waals surface area contributed by atoms with E-state index in [0.717, 1.165) is 13.0 Å². The van der Waals surface area contributed by atoms with Gasteiger partial charge >= 0.3 is 5.69 Å². The van der Waals surface area contributed by atoms with Gasteiger partial charge in [-0.05, 0) is 34.8 Å². The van der Waals surface area contributed by atoms with Crippen LogP contribution >= 0.6 is 15.9 Å². The maximum Gasteiger partial charge on any atom is 0.328 e. The fourth-order valence-electron chi connectivity index (χ4n) is 1.36. The van der Waals surface area contributed by atoms with E-state index in [2.05, 4.69) is 40.1 Å². The highest BCUT2D eigenvalue weighted by atomic mass is 79.9. The van der Waals surface area contributed by atoms with Crippen LogP contribution in [0.15, 0.2) is 20.3 Å². The van der Waals surface area contributed by atoms with Gasteiger partial charge in [-0.2, -0.15) is 0 Å².